The Balaban J connectivity index is 1.09. The number of ether oxygens (including phenoxy) is 2. The molecular formula is C27H32N4O4S. The Morgan fingerprint density at radius 3 is 2.72 bits per heavy atom. The van der Waals surface area contributed by atoms with Gasteiger partial charge in [0.1, 0.15) is 29.9 Å². The fourth-order valence-electron chi connectivity index (χ4n) is 4.62. The summed E-state index contributed by atoms with van der Waals surface area (Å²) in [6.45, 7) is 8.42. The van der Waals surface area contributed by atoms with Crippen LogP contribution in [0.4, 0.5) is 0 Å². The number of aliphatic hydroxyl groups excluding tert-OH is 1. The van der Waals surface area contributed by atoms with Gasteiger partial charge in [-0.05, 0) is 50.2 Å². The number of rotatable bonds is 9. The highest BCUT2D eigenvalue weighted by atomic mass is 32.1. The minimum atomic E-state index is -0.562. The average molecular weight is 509 g/mol. The lowest BCUT2D eigenvalue weighted by atomic mass is 10.1. The van der Waals surface area contributed by atoms with Crippen molar-refractivity contribution in [2.24, 2.45) is 0 Å². The number of benzene rings is 2. The molecule has 190 valence electrons. The SMILES string of the molecule is COc1ccc(-c2cc(CN3CCN(C[C@@H](O)COc4ccc5sc(C)nc5c4)[C@H](C)C3)on2)cc1. The first-order valence-electron chi connectivity index (χ1n) is 12.2. The van der Waals surface area contributed by atoms with Gasteiger partial charge < -0.3 is 19.1 Å². The molecule has 8 nitrogen and oxygen atoms in total. The zero-order valence-electron chi connectivity index (χ0n) is 20.9. The Hall–Kier alpha value is -2.98. The van der Waals surface area contributed by atoms with Gasteiger partial charge in [0.2, 0.25) is 0 Å². The van der Waals surface area contributed by atoms with Gasteiger partial charge in [0.15, 0.2) is 5.76 Å². The van der Waals surface area contributed by atoms with E-state index in [0.29, 0.717) is 19.1 Å². The van der Waals surface area contributed by atoms with Gasteiger partial charge in [0.25, 0.3) is 0 Å². The first kappa shape index (κ1) is 24.7. The summed E-state index contributed by atoms with van der Waals surface area (Å²) in [4.78, 5) is 9.20. The molecule has 5 rings (SSSR count). The highest BCUT2D eigenvalue weighted by Gasteiger charge is 2.26. The van der Waals surface area contributed by atoms with Crippen molar-refractivity contribution in [1.82, 2.24) is 19.9 Å². The third-order valence-electron chi connectivity index (χ3n) is 6.53. The van der Waals surface area contributed by atoms with E-state index >= 15 is 0 Å². The smallest absolute Gasteiger partial charge is 0.151 e. The summed E-state index contributed by atoms with van der Waals surface area (Å²) < 4.78 is 17.8. The third kappa shape index (κ3) is 5.87. The van der Waals surface area contributed by atoms with Gasteiger partial charge in [-0.2, -0.15) is 0 Å². The molecule has 3 heterocycles. The van der Waals surface area contributed by atoms with Crippen LogP contribution < -0.4 is 9.47 Å². The number of aromatic nitrogens is 2. The number of aryl methyl sites for hydroxylation is 1. The standard InChI is InChI=1S/C27H32N4O4S/c1-18-14-30(16-24-13-25(29-35-24)20-4-6-22(33-3)7-5-20)10-11-31(18)15-21(32)17-34-23-8-9-27-26(12-23)28-19(2)36-27/h4-9,12-13,18,21,32H,10-11,14-17H2,1-3H3/t18-,21-/m1/s1. The number of β-amino-alcohol motifs (C(OH)–C–C–N with tert-alkyl or cyclic N) is 1. The van der Waals surface area contributed by atoms with Crippen molar-refractivity contribution in [3.63, 3.8) is 0 Å². The molecule has 0 aliphatic carbocycles. The van der Waals surface area contributed by atoms with Crippen LogP contribution in [-0.2, 0) is 6.54 Å². The van der Waals surface area contributed by atoms with Crippen molar-refractivity contribution in [1.29, 1.82) is 0 Å². The van der Waals surface area contributed by atoms with Gasteiger partial charge >= 0.3 is 0 Å². The molecule has 1 saturated heterocycles. The third-order valence-corrected chi connectivity index (χ3v) is 7.48. The number of piperazine rings is 1. The van der Waals surface area contributed by atoms with Gasteiger partial charge in [-0.1, -0.05) is 5.16 Å². The van der Waals surface area contributed by atoms with E-state index in [2.05, 4.69) is 26.9 Å². The predicted molar refractivity (Wildman–Crippen MR) is 141 cm³/mol. The van der Waals surface area contributed by atoms with Crippen molar-refractivity contribution in [3.8, 4) is 22.8 Å². The number of nitrogens with zero attached hydrogens (tertiary/aromatic N) is 4. The molecule has 0 unspecified atom stereocenters. The lowest BCUT2D eigenvalue weighted by Crippen LogP contribution is -2.53. The van der Waals surface area contributed by atoms with Crippen molar-refractivity contribution < 1.29 is 19.1 Å². The van der Waals surface area contributed by atoms with E-state index in [0.717, 1.165) is 63.4 Å². The summed E-state index contributed by atoms with van der Waals surface area (Å²) in [7, 11) is 1.66. The van der Waals surface area contributed by atoms with E-state index in [-0.39, 0.29) is 6.61 Å². The molecule has 1 fully saturated rings. The summed E-state index contributed by atoms with van der Waals surface area (Å²) in [6.07, 6.45) is -0.562. The van der Waals surface area contributed by atoms with E-state index in [9.17, 15) is 5.11 Å². The highest BCUT2D eigenvalue weighted by molar-refractivity contribution is 7.18. The first-order valence-corrected chi connectivity index (χ1v) is 13.0. The first-order chi connectivity index (χ1) is 17.5. The van der Waals surface area contributed by atoms with Crippen LogP contribution in [0.3, 0.4) is 0 Å². The molecule has 4 aromatic rings. The van der Waals surface area contributed by atoms with Crippen molar-refractivity contribution in [2.45, 2.75) is 32.5 Å². The van der Waals surface area contributed by atoms with Crippen LogP contribution in [0.25, 0.3) is 21.5 Å². The maximum absolute atomic E-state index is 10.6. The highest BCUT2D eigenvalue weighted by Crippen LogP contribution is 2.26. The van der Waals surface area contributed by atoms with Crippen LogP contribution in [0.5, 0.6) is 11.5 Å². The second kappa shape index (κ2) is 11.0. The molecule has 36 heavy (non-hydrogen) atoms. The summed E-state index contributed by atoms with van der Waals surface area (Å²) >= 11 is 1.67. The molecule has 2 atom stereocenters. The number of methoxy groups -OCH3 is 1. The minimum Gasteiger partial charge on any atom is -0.497 e. The fraction of sp³-hybridized carbons (Fsp3) is 0.407. The van der Waals surface area contributed by atoms with E-state index in [4.69, 9.17) is 14.0 Å². The van der Waals surface area contributed by atoms with Crippen LogP contribution in [0.15, 0.2) is 53.1 Å². The number of aliphatic hydroxyl groups is 1. The van der Waals surface area contributed by atoms with Gasteiger partial charge in [-0.15, -0.1) is 11.3 Å². The quantitative estimate of drug-likeness (QED) is 0.360. The van der Waals surface area contributed by atoms with Crippen LogP contribution in [0, 0.1) is 6.92 Å². The van der Waals surface area contributed by atoms with Gasteiger partial charge in [0.05, 0.1) is 28.9 Å². The zero-order valence-corrected chi connectivity index (χ0v) is 21.7. The van der Waals surface area contributed by atoms with Crippen molar-refractivity contribution in [3.05, 3.63) is 59.3 Å². The minimum absolute atomic E-state index is 0.258. The van der Waals surface area contributed by atoms with Crippen LogP contribution in [0.2, 0.25) is 0 Å². The normalized spacial score (nSPS) is 17.9. The van der Waals surface area contributed by atoms with E-state index < -0.39 is 6.10 Å². The Morgan fingerprint density at radius 2 is 1.94 bits per heavy atom. The van der Waals surface area contributed by atoms with Crippen LogP contribution in [-0.4, -0.2) is 77.1 Å². The zero-order chi connectivity index (χ0) is 25.1. The summed E-state index contributed by atoms with van der Waals surface area (Å²) in [5.74, 6) is 2.41. The van der Waals surface area contributed by atoms with Crippen molar-refractivity contribution >= 4 is 21.6 Å². The lowest BCUT2D eigenvalue weighted by molar-refractivity contribution is 0.0178. The number of hydrogen-bond acceptors (Lipinski definition) is 9. The Labute approximate surface area is 215 Å². The van der Waals surface area contributed by atoms with Gasteiger partial charge in [0, 0.05) is 49.9 Å². The number of hydrogen-bond donors (Lipinski definition) is 1. The summed E-state index contributed by atoms with van der Waals surface area (Å²) in [5, 5.41) is 15.9. The largest absolute Gasteiger partial charge is 0.497 e. The van der Waals surface area contributed by atoms with E-state index in [1.807, 2.05) is 55.5 Å². The van der Waals surface area contributed by atoms with Crippen LogP contribution >= 0.6 is 11.3 Å². The molecule has 1 N–H and O–H groups in total. The average Bonchev–Trinajstić information content (AvgIpc) is 3.49. The maximum atomic E-state index is 10.6. The topological polar surface area (TPSA) is 84.1 Å². The predicted octanol–water partition coefficient (Wildman–Crippen LogP) is 4.21. The molecule has 1 aliphatic heterocycles. The van der Waals surface area contributed by atoms with Gasteiger partial charge in [-0.3, -0.25) is 9.80 Å². The van der Waals surface area contributed by atoms with Crippen molar-refractivity contribution in [2.75, 3.05) is 39.9 Å². The maximum Gasteiger partial charge on any atom is 0.151 e. The molecule has 9 heteroatoms. The molecule has 0 radical (unpaired) electrons. The molecule has 0 saturated carbocycles. The molecule has 2 aromatic carbocycles. The molecule has 2 aromatic heterocycles. The molecule has 0 spiro atoms. The summed E-state index contributed by atoms with van der Waals surface area (Å²) in [5.41, 5.74) is 2.77. The molecular weight excluding hydrogens is 476 g/mol. The van der Waals surface area contributed by atoms with Gasteiger partial charge in [-0.25, -0.2) is 4.98 Å². The molecule has 0 bridgehead atoms. The van der Waals surface area contributed by atoms with Crippen LogP contribution in [0.1, 0.15) is 17.7 Å². The Morgan fingerprint density at radius 1 is 1.14 bits per heavy atom. The molecule has 0 amide bonds. The Kier molecular flexibility index (Phi) is 7.52. The fourth-order valence-corrected chi connectivity index (χ4v) is 5.43. The Bertz CT molecular complexity index is 1290. The van der Waals surface area contributed by atoms with E-state index in [1.165, 1.54) is 0 Å². The monoisotopic (exact) mass is 508 g/mol. The molecule has 1 aliphatic rings. The second-order valence-electron chi connectivity index (χ2n) is 9.31. The lowest BCUT2D eigenvalue weighted by Gasteiger charge is -2.40. The number of fused-ring (bicyclic) bond motifs is 1. The van der Waals surface area contributed by atoms with E-state index in [1.54, 1.807) is 18.4 Å². The summed E-state index contributed by atoms with van der Waals surface area (Å²) in [6, 6.07) is 16.0. The number of thiazole rings is 1. The second-order valence-corrected chi connectivity index (χ2v) is 10.5.